The first-order valence-corrected chi connectivity index (χ1v) is 11.4. The lowest BCUT2D eigenvalue weighted by Crippen LogP contribution is -2.48. The van der Waals surface area contributed by atoms with E-state index in [9.17, 15) is 4.79 Å². The summed E-state index contributed by atoms with van der Waals surface area (Å²) in [4.78, 5) is 17.8. The monoisotopic (exact) mass is 463 g/mol. The molecule has 0 unspecified atom stereocenters. The van der Waals surface area contributed by atoms with Crippen molar-refractivity contribution in [2.24, 2.45) is 7.05 Å². The molecule has 2 aromatic heterocycles. The van der Waals surface area contributed by atoms with Gasteiger partial charge in [-0.05, 0) is 42.3 Å². The van der Waals surface area contributed by atoms with Gasteiger partial charge in [0.15, 0.2) is 5.82 Å². The van der Waals surface area contributed by atoms with E-state index in [-0.39, 0.29) is 11.9 Å². The lowest BCUT2D eigenvalue weighted by Gasteiger charge is -2.33. The largest absolute Gasteiger partial charge is 0.355 e. The molecule has 0 bridgehead atoms. The number of nitriles is 1. The number of rotatable bonds is 7. The summed E-state index contributed by atoms with van der Waals surface area (Å²) in [6.45, 7) is 0.664. The van der Waals surface area contributed by atoms with Gasteiger partial charge in [0, 0.05) is 30.6 Å². The molecule has 5 rings (SSSR count). The molecule has 0 spiro atoms. The van der Waals surface area contributed by atoms with E-state index in [0.717, 1.165) is 28.7 Å². The van der Waals surface area contributed by atoms with Crippen LogP contribution in [0.25, 0.3) is 11.1 Å². The molecular formula is C27H25N7O. The van der Waals surface area contributed by atoms with Crippen LogP contribution in [0.5, 0.6) is 0 Å². The van der Waals surface area contributed by atoms with E-state index in [2.05, 4.69) is 32.1 Å². The minimum Gasteiger partial charge on any atom is -0.355 e. The molecule has 0 saturated carbocycles. The fourth-order valence-electron chi connectivity index (χ4n) is 4.27. The Morgan fingerprint density at radius 3 is 2.63 bits per heavy atom. The van der Waals surface area contributed by atoms with Gasteiger partial charge in [0.25, 0.3) is 0 Å². The molecule has 1 amide bonds. The number of carbonyl (C=O) groups is 1. The molecule has 0 fully saturated rings. The number of hydrogen-bond donors (Lipinski definition) is 3. The highest BCUT2D eigenvalue weighted by Crippen LogP contribution is 2.32. The van der Waals surface area contributed by atoms with Gasteiger partial charge in [-0.2, -0.15) is 10.4 Å². The van der Waals surface area contributed by atoms with Gasteiger partial charge in [0.2, 0.25) is 5.91 Å². The third-order valence-electron chi connectivity index (χ3n) is 6.11. The SMILES string of the molecule is Cn1cc(-c2cnc3c(c2)NC(=O)[C@H]([C@@H](NCCc2ccc(C#N)cc2)c2ccccc2)N3)cn1. The van der Waals surface area contributed by atoms with Crippen molar-refractivity contribution in [1.82, 2.24) is 20.1 Å². The minimum absolute atomic E-state index is 0.123. The highest BCUT2D eigenvalue weighted by molar-refractivity contribution is 6.03. The summed E-state index contributed by atoms with van der Waals surface area (Å²) in [6.07, 6.45) is 6.24. The number of anilines is 2. The number of carbonyl (C=O) groups excluding carboxylic acids is 1. The number of aryl methyl sites for hydroxylation is 1. The van der Waals surface area contributed by atoms with E-state index >= 15 is 0 Å². The summed E-state index contributed by atoms with van der Waals surface area (Å²) >= 11 is 0. The van der Waals surface area contributed by atoms with Gasteiger partial charge in [-0.25, -0.2) is 4.98 Å². The van der Waals surface area contributed by atoms with Crippen molar-refractivity contribution in [1.29, 1.82) is 5.26 Å². The molecular weight excluding hydrogens is 438 g/mol. The molecule has 1 aliphatic rings. The molecule has 0 radical (unpaired) electrons. The summed E-state index contributed by atoms with van der Waals surface area (Å²) in [5, 5.41) is 23.2. The Morgan fingerprint density at radius 1 is 1.11 bits per heavy atom. The van der Waals surface area contributed by atoms with E-state index in [1.54, 1.807) is 17.1 Å². The van der Waals surface area contributed by atoms with E-state index in [0.29, 0.717) is 23.6 Å². The third-order valence-corrected chi connectivity index (χ3v) is 6.11. The van der Waals surface area contributed by atoms with Crippen LogP contribution in [0.2, 0.25) is 0 Å². The van der Waals surface area contributed by atoms with Gasteiger partial charge in [-0.3, -0.25) is 9.48 Å². The molecule has 35 heavy (non-hydrogen) atoms. The van der Waals surface area contributed by atoms with Crippen LogP contribution in [0.1, 0.15) is 22.7 Å². The number of aromatic nitrogens is 3. The van der Waals surface area contributed by atoms with E-state index < -0.39 is 6.04 Å². The van der Waals surface area contributed by atoms with Crippen LogP contribution in [0, 0.1) is 11.3 Å². The summed E-state index contributed by atoms with van der Waals surface area (Å²) in [5.74, 6) is 0.513. The molecule has 0 saturated heterocycles. The number of pyridine rings is 1. The molecule has 2 atom stereocenters. The van der Waals surface area contributed by atoms with Gasteiger partial charge in [0.1, 0.15) is 6.04 Å². The quantitative estimate of drug-likeness (QED) is 0.386. The number of fused-ring (bicyclic) bond motifs is 1. The van der Waals surface area contributed by atoms with Crippen molar-refractivity contribution in [3.05, 3.63) is 95.9 Å². The number of amides is 1. The Morgan fingerprint density at radius 2 is 1.91 bits per heavy atom. The highest BCUT2D eigenvalue weighted by atomic mass is 16.2. The van der Waals surface area contributed by atoms with Gasteiger partial charge < -0.3 is 16.0 Å². The first-order chi connectivity index (χ1) is 17.1. The maximum absolute atomic E-state index is 13.2. The molecule has 1 aliphatic heterocycles. The van der Waals surface area contributed by atoms with Gasteiger partial charge >= 0.3 is 0 Å². The van der Waals surface area contributed by atoms with Crippen molar-refractivity contribution >= 4 is 17.4 Å². The first kappa shape index (κ1) is 22.3. The van der Waals surface area contributed by atoms with Crippen LogP contribution in [-0.4, -0.2) is 33.3 Å². The molecule has 3 heterocycles. The predicted octanol–water partition coefficient (Wildman–Crippen LogP) is 3.66. The average Bonchev–Trinajstić information content (AvgIpc) is 3.33. The Balaban J connectivity index is 1.35. The van der Waals surface area contributed by atoms with Crippen molar-refractivity contribution in [2.75, 3.05) is 17.2 Å². The molecule has 174 valence electrons. The van der Waals surface area contributed by atoms with Crippen LogP contribution in [-0.2, 0) is 18.3 Å². The number of hydrogen-bond acceptors (Lipinski definition) is 6. The van der Waals surface area contributed by atoms with Crippen molar-refractivity contribution in [3.63, 3.8) is 0 Å². The van der Waals surface area contributed by atoms with Crippen LogP contribution < -0.4 is 16.0 Å². The lowest BCUT2D eigenvalue weighted by atomic mass is 9.96. The zero-order chi connectivity index (χ0) is 24.2. The summed E-state index contributed by atoms with van der Waals surface area (Å²) in [6, 6.07) is 20.8. The second-order valence-electron chi connectivity index (χ2n) is 8.54. The third kappa shape index (κ3) is 4.90. The van der Waals surface area contributed by atoms with Crippen LogP contribution in [0.15, 0.2) is 79.3 Å². The molecule has 3 N–H and O–H groups in total. The standard InChI is InChI=1S/C27H25N7O/c1-34-17-22(16-31-34)21-13-23-26(30-15-21)33-25(27(35)32-23)24(20-5-3-2-4-6-20)29-12-11-18-7-9-19(14-28)10-8-18/h2-10,13,15-17,24-25,29H,11-12H2,1H3,(H,30,33)(H,32,35)/t24-,25-/m0/s1. The fraction of sp³-hybridized carbons (Fsp3) is 0.185. The Kier molecular flexibility index (Phi) is 6.24. The molecule has 8 nitrogen and oxygen atoms in total. The Hall–Kier alpha value is -4.48. The van der Waals surface area contributed by atoms with Crippen LogP contribution in [0.4, 0.5) is 11.5 Å². The number of nitrogens with zero attached hydrogens (tertiary/aromatic N) is 4. The molecule has 2 aromatic carbocycles. The summed E-state index contributed by atoms with van der Waals surface area (Å²) in [5.41, 5.74) is 5.25. The van der Waals surface area contributed by atoms with Gasteiger partial charge in [-0.1, -0.05) is 42.5 Å². The Bertz CT molecular complexity index is 1370. The first-order valence-electron chi connectivity index (χ1n) is 11.4. The van der Waals surface area contributed by atoms with Gasteiger partial charge in [0.05, 0.1) is 29.6 Å². The lowest BCUT2D eigenvalue weighted by molar-refractivity contribution is -0.117. The fourth-order valence-corrected chi connectivity index (χ4v) is 4.27. The minimum atomic E-state index is -0.539. The van der Waals surface area contributed by atoms with Crippen molar-refractivity contribution in [3.8, 4) is 17.2 Å². The highest BCUT2D eigenvalue weighted by Gasteiger charge is 2.34. The second kappa shape index (κ2) is 9.79. The smallest absolute Gasteiger partial charge is 0.249 e. The topological polar surface area (TPSA) is 108 Å². The molecule has 0 aliphatic carbocycles. The molecule has 8 heteroatoms. The maximum atomic E-state index is 13.2. The van der Waals surface area contributed by atoms with E-state index in [4.69, 9.17) is 5.26 Å². The summed E-state index contributed by atoms with van der Waals surface area (Å²) in [7, 11) is 1.86. The predicted molar refractivity (Wildman–Crippen MR) is 135 cm³/mol. The van der Waals surface area contributed by atoms with E-state index in [1.807, 2.05) is 73.9 Å². The van der Waals surface area contributed by atoms with Crippen LogP contribution in [0.3, 0.4) is 0 Å². The normalized spacial score (nSPS) is 15.4. The van der Waals surface area contributed by atoms with E-state index in [1.165, 1.54) is 0 Å². The van der Waals surface area contributed by atoms with Crippen LogP contribution >= 0.6 is 0 Å². The maximum Gasteiger partial charge on any atom is 0.249 e. The second-order valence-corrected chi connectivity index (χ2v) is 8.54. The molecule has 4 aromatic rings. The number of nitrogens with one attached hydrogen (secondary N) is 3. The average molecular weight is 464 g/mol. The number of benzene rings is 2. The van der Waals surface area contributed by atoms with Crippen molar-refractivity contribution in [2.45, 2.75) is 18.5 Å². The van der Waals surface area contributed by atoms with Gasteiger partial charge in [-0.15, -0.1) is 0 Å². The summed E-state index contributed by atoms with van der Waals surface area (Å²) < 4.78 is 1.73. The zero-order valence-corrected chi connectivity index (χ0v) is 19.3. The zero-order valence-electron chi connectivity index (χ0n) is 19.3. The Labute approximate surface area is 203 Å². The van der Waals surface area contributed by atoms with Crippen molar-refractivity contribution < 1.29 is 4.79 Å².